The molecule has 0 aromatic carbocycles. The minimum absolute atomic E-state index is 0.248. The third-order valence-corrected chi connectivity index (χ3v) is 2.97. The van der Waals surface area contributed by atoms with E-state index in [2.05, 4.69) is 12.3 Å². The largest absolute Gasteiger partial charge is 0.382 e. The lowest BCUT2D eigenvalue weighted by Crippen LogP contribution is -2.45. The van der Waals surface area contributed by atoms with E-state index in [1.54, 1.807) is 7.11 Å². The summed E-state index contributed by atoms with van der Waals surface area (Å²) in [5.74, 6) is 6.08. The molecule has 1 aliphatic heterocycles. The molecule has 1 saturated heterocycles. The second kappa shape index (κ2) is 6.35. The SMILES string of the molecule is COC(C)CC(NN)C1CCCOC1. The summed E-state index contributed by atoms with van der Waals surface area (Å²) in [7, 11) is 1.73. The van der Waals surface area contributed by atoms with Crippen molar-refractivity contribution in [2.45, 2.75) is 38.3 Å². The third kappa shape index (κ3) is 3.53. The fourth-order valence-electron chi connectivity index (χ4n) is 1.93. The molecule has 1 fully saturated rings. The quantitative estimate of drug-likeness (QED) is 0.508. The minimum Gasteiger partial charge on any atom is -0.382 e. The van der Waals surface area contributed by atoms with Gasteiger partial charge in [-0.05, 0) is 32.1 Å². The summed E-state index contributed by atoms with van der Waals surface area (Å²) in [6.07, 6.45) is 3.54. The van der Waals surface area contributed by atoms with Gasteiger partial charge in [0.15, 0.2) is 0 Å². The van der Waals surface area contributed by atoms with Gasteiger partial charge in [-0.25, -0.2) is 0 Å². The van der Waals surface area contributed by atoms with Gasteiger partial charge in [0.2, 0.25) is 0 Å². The molecule has 1 rings (SSSR count). The molecular weight excluding hydrogens is 180 g/mol. The molecule has 0 amide bonds. The molecule has 1 aliphatic rings. The maximum absolute atomic E-state index is 5.55. The first-order valence-electron chi connectivity index (χ1n) is 5.34. The number of ether oxygens (including phenoxy) is 2. The van der Waals surface area contributed by atoms with E-state index in [9.17, 15) is 0 Å². The summed E-state index contributed by atoms with van der Waals surface area (Å²) in [5.41, 5.74) is 2.88. The molecule has 0 aromatic heterocycles. The maximum Gasteiger partial charge on any atom is 0.0558 e. The molecular formula is C10H22N2O2. The smallest absolute Gasteiger partial charge is 0.0558 e. The number of hydrogen-bond acceptors (Lipinski definition) is 4. The summed E-state index contributed by atoms with van der Waals surface area (Å²) in [6.45, 7) is 3.78. The number of methoxy groups -OCH3 is 1. The van der Waals surface area contributed by atoms with Crippen molar-refractivity contribution in [1.82, 2.24) is 5.43 Å². The highest BCUT2D eigenvalue weighted by atomic mass is 16.5. The van der Waals surface area contributed by atoms with Crippen LogP contribution in [-0.4, -0.2) is 32.5 Å². The van der Waals surface area contributed by atoms with E-state index in [-0.39, 0.29) is 6.10 Å². The summed E-state index contributed by atoms with van der Waals surface area (Å²) < 4.78 is 10.7. The zero-order valence-corrected chi connectivity index (χ0v) is 9.16. The molecule has 0 aliphatic carbocycles. The Morgan fingerprint density at radius 2 is 2.43 bits per heavy atom. The highest BCUT2D eigenvalue weighted by Gasteiger charge is 2.24. The molecule has 1 heterocycles. The van der Waals surface area contributed by atoms with E-state index in [0.717, 1.165) is 26.1 Å². The second-order valence-corrected chi connectivity index (χ2v) is 4.03. The molecule has 3 atom stereocenters. The first-order chi connectivity index (χ1) is 6.77. The molecule has 4 heteroatoms. The van der Waals surface area contributed by atoms with Gasteiger partial charge in [-0.2, -0.15) is 0 Å². The highest BCUT2D eigenvalue weighted by Crippen LogP contribution is 2.20. The van der Waals surface area contributed by atoms with Crippen LogP contribution in [0, 0.1) is 5.92 Å². The Balaban J connectivity index is 2.35. The van der Waals surface area contributed by atoms with Crippen molar-refractivity contribution in [2.24, 2.45) is 11.8 Å². The summed E-state index contributed by atoms with van der Waals surface area (Å²) in [4.78, 5) is 0. The molecule has 3 N–H and O–H groups in total. The highest BCUT2D eigenvalue weighted by molar-refractivity contribution is 4.78. The van der Waals surface area contributed by atoms with Crippen LogP contribution in [0.25, 0.3) is 0 Å². The molecule has 0 aromatic rings. The molecule has 4 nitrogen and oxygen atoms in total. The Hall–Kier alpha value is -0.160. The predicted octanol–water partition coefficient (Wildman–Crippen LogP) is 0.670. The molecule has 3 unspecified atom stereocenters. The van der Waals surface area contributed by atoms with E-state index in [4.69, 9.17) is 15.3 Å². The Kier molecular flexibility index (Phi) is 5.40. The van der Waals surface area contributed by atoms with Crippen LogP contribution in [0.3, 0.4) is 0 Å². The fourth-order valence-corrected chi connectivity index (χ4v) is 1.93. The van der Waals surface area contributed by atoms with Crippen LogP contribution in [0.2, 0.25) is 0 Å². The Bertz CT molecular complexity index is 149. The van der Waals surface area contributed by atoms with Gasteiger partial charge < -0.3 is 9.47 Å². The molecule has 84 valence electrons. The normalized spacial score (nSPS) is 27.2. The average molecular weight is 202 g/mol. The zero-order chi connectivity index (χ0) is 10.4. The Labute approximate surface area is 86.1 Å². The lowest BCUT2D eigenvalue weighted by molar-refractivity contribution is 0.0238. The van der Waals surface area contributed by atoms with Crippen LogP contribution in [0.1, 0.15) is 26.2 Å². The second-order valence-electron chi connectivity index (χ2n) is 4.03. The van der Waals surface area contributed by atoms with Crippen molar-refractivity contribution in [3.05, 3.63) is 0 Å². The number of rotatable bonds is 5. The first-order valence-corrected chi connectivity index (χ1v) is 5.34. The summed E-state index contributed by atoms with van der Waals surface area (Å²) >= 11 is 0. The van der Waals surface area contributed by atoms with E-state index in [0.29, 0.717) is 12.0 Å². The van der Waals surface area contributed by atoms with Crippen LogP contribution in [0.5, 0.6) is 0 Å². The van der Waals surface area contributed by atoms with E-state index in [1.165, 1.54) is 6.42 Å². The molecule has 0 radical (unpaired) electrons. The van der Waals surface area contributed by atoms with Crippen LogP contribution < -0.4 is 11.3 Å². The number of nitrogens with one attached hydrogen (secondary N) is 1. The van der Waals surface area contributed by atoms with Crippen molar-refractivity contribution in [2.75, 3.05) is 20.3 Å². The van der Waals surface area contributed by atoms with Crippen molar-refractivity contribution in [1.29, 1.82) is 0 Å². The van der Waals surface area contributed by atoms with Crippen molar-refractivity contribution >= 4 is 0 Å². The van der Waals surface area contributed by atoms with Crippen molar-refractivity contribution in [3.8, 4) is 0 Å². The van der Waals surface area contributed by atoms with Crippen LogP contribution in [-0.2, 0) is 9.47 Å². The summed E-state index contributed by atoms with van der Waals surface area (Å²) in [6, 6.07) is 0.310. The molecule has 0 bridgehead atoms. The van der Waals surface area contributed by atoms with Gasteiger partial charge in [0.05, 0.1) is 12.7 Å². The zero-order valence-electron chi connectivity index (χ0n) is 9.16. The van der Waals surface area contributed by atoms with Crippen molar-refractivity contribution in [3.63, 3.8) is 0 Å². The average Bonchev–Trinajstić information content (AvgIpc) is 2.26. The van der Waals surface area contributed by atoms with E-state index >= 15 is 0 Å². The third-order valence-electron chi connectivity index (χ3n) is 2.97. The van der Waals surface area contributed by atoms with Gasteiger partial charge in [-0.15, -0.1) is 0 Å². The maximum atomic E-state index is 5.55. The lowest BCUT2D eigenvalue weighted by atomic mass is 9.90. The topological polar surface area (TPSA) is 56.5 Å². The molecule has 0 saturated carbocycles. The molecule has 0 spiro atoms. The lowest BCUT2D eigenvalue weighted by Gasteiger charge is -2.31. The van der Waals surface area contributed by atoms with E-state index in [1.807, 2.05) is 0 Å². The number of hydrazine groups is 1. The van der Waals surface area contributed by atoms with Gasteiger partial charge in [0, 0.05) is 19.8 Å². The fraction of sp³-hybridized carbons (Fsp3) is 1.00. The number of nitrogens with two attached hydrogens (primary N) is 1. The number of hydrogen-bond donors (Lipinski definition) is 2. The van der Waals surface area contributed by atoms with Crippen LogP contribution in [0.4, 0.5) is 0 Å². The van der Waals surface area contributed by atoms with Gasteiger partial charge in [-0.3, -0.25) is 11.3 Å². The van der Waals surface area contributed by atoms with Gasteiger partial charge in [0.1, 0.15) is 0 Å². The Morgan fingerprint density at radius 1 is 1.64 bits per heavy atom. The predicted molar refractivity (Wildman–Crippen MR) is 55.7 cm³/mol. The molecule has 14 heavy (non-hydrogen) atoms. The first kappa shape index (κ1) is 11.9. The van der Waals surface area contributed by atoms with E-state index < -0.39 is 0 Å². The minimum atomic E-state index is 0.248. The summed E-state index contributed by atoms with van der Waals surface area (Å²) in [5, 5.41) is 0. The van der Waals surface area contributed by atoms with Gasteiger partial charge in [0.25, 0.3) is 0 Å². The van der Waals surface area contributed by atoms with Crippen molar-refractivity contribution < 1.29 is 9.47 Å². The van der Waals surface area contributed by atoms with Crippen LogP contribution >= 0.6 is 0 Å². The van der Waals surface area contributed by atoms with Gasteiger partial charge >= 0.3 is 0 Å². The van der Waals surface area contributed by atoms with Gasteiger partial charge in [-0.1, -0.05) is 0 Å². The van der Waals surface area contributed by atoms with Crippen LogP contribution in [0.15, 0.2) is 0 Å². The standard InChI is InChI=1S/C10H22N2O2/c1-8(13-2)6-10(12-11)9-4-3-5-14-7-9/h8-10,12H,3-7,11H2,1-2H3. The Morgan fingerprint density at radius 3 is 2.93 bits per heavy atom. The monoisotopic (exact) mass is 202 g/mol.